The number of rotatable bonds is 3. The maximum absolute atomic E-state index is 5.15. The summed E-state index contributed by atoms with van der Waals surface area (Å²) in [4.78, 5) is 0. The molecule has 3 heteroatoms. The number of hydrogen-bond donors (Lipinski definition) is 0. The molecule has 0 N–H and O–H groups in total. The first kappa shape index (κ1) is 10.4. The maximum atomic E-state index is 5.15. The van der Waals surface area contributed by atoms with Crippen LogP contribution in [0.1, 0.15) is 44.9 Å². The summed E-state index contributed by atoms with van der Waals surface area (Å²) in [6.07, 6.45) is 9.55. The fourth-order valence-electron chi connectivity index (χ4n) is 2.66. The predicted octanol–water partition coefficient (Wildman–Crippen LogP) is 2.59. The van der Waals surface area contributed by atoms with E-state index in [0.717, 1.165) is 0 Å². The Labute approximate surface area is 92.2 Å². The summed E-state index contributed by atoms with van der Waals surface area (Å²) >= 11 is 5.15. The Hall–Kier alpha value is -0.150. The van der Waals surface area contributed by atoms with Crippen LogP contribution in [0, 0.1) is 0 Å². The third kappa shape index (κ3) is 2.26. The highest BCUT2D eigenvalue weighted by atomic mass is 32.1. The standard InChI is InChI=1S/C11H20N2S/c14-10-13(12-8-4-5-9-12)11-6-2-1-3-7-11/h10-11H,1-9H2. The quantitative estimate of drug-likeness (QED) is 0.664. The molecule has 0 bridgehead atoms. The summed E-state index contributed by atoms with van der Waals surface area (Å²) in [5.41, 5.74) is 1.88. The lowest BCUT2D eigenvalue weighted by atomic mass is 9.95. The second kappa shape index (κ2) is 5.08. The molecule has 0 aromatic heterocycles. The van der Waals surface area contributed by atoms with Crippen molar-refractivity contribution in [2.24, 2.45) is 0 Å². The van der Waals surface area contributed by atoms with E-state index in [1.807, 2.05) is 5.49 Å². The van der Waals surface area contributed by atoms with E-state index in [9.17, 15) is 0 Å². The van der Waals surface area contributed by atoms with E-state index in [1.54, 1.807) is 0 Å². The normalized spacial score (nSPS) is 25.1. The predicted molar refractivity (Wildman–Crippen MR) is 63.2 cm³/mol. The van der Waals surface area contributed by atoms with Gasteiger partial charge in [-0.3, -0.25) is 5.01 Å². The van der Waals surface area contributed by atoms with Crippen LogP contribution in [0.2, 0.25) is 0 Å². The first-order valence-electron chi connectivity index (χ1n) is 5.90. The van der Waals surface area contributed by atoms with Gasteiger partial charge in [-0.25, -0.2) is 5.01 Å². The van der Waals surface area contributed by atoms with Gasteiger partial charge in [-0.2, -0.15) is 0 Å². The second-order valence-corrected chi connectivity index (χ2v) is 4.65. The molecule has 0 unspecified atom stereocenters. The molecule has 2 nitrogen and oxygen atoms in total. The number of hydrogen-bond acceptors (Lipinski definition) is 2. The third-order valence-electron chi connectivity index (χ3n) is 3.47. The maximum Gasteiger partial charge on any atom is 0.0793 e. The molecule has 0 aromatic carbocycles. The molecule has 1 aliphatic heterocycles. The zero-order chi connectivity index (χ0) is 9.80. The van der Waals surface area contributed by atoms with Crippen LogP contribution in [0.4, 0.5) is 0 Å². The summed E-state index contributed by atoms with van der Waals surface area (Å²) in [6.45, 7) is 2.42. The van der Waals surface area contributed by atoms with Crippen molar-refractivity contribution in [3.8, 4) is 0 Å². The summed E-state index contributed by atoms with van der Waals surface area (Å²) in [7, 11) is 0. The van der Waals surface area contributed by atoms with Gasteiger partial charge in [0.25, 0.3) is 0 Å². The molecule has 14 heavy (non-hydrogen) atoms. The van der Waals surface area contributed by atoms with Crippen LogP contribution < -0.4 is 0 Å². The van der Waals surface area contributed by atoms with Crippen LogP contribution in [-0.2, 0) is 0 Å². The van der Waals surface area contributed by atoms with Gasteiger partial charge >= 0.3 is 0 Å². The molecule has 0 spiro atoms. The molecule has 1 saturated heterocycles. The third-order valence-corrected chi connectivity index (χ3v) is 3.68. The minimum Gasteiger partial charge on any atom is -0.299 e. The molecule has 0 radical (unpaired) electrons. The molecule has 2 rings (SSSR count). The van der Waals surface area contributed by atoms with Crippen LogP contribution in [0.5, 0.6) is 0 Å². The minimum absolute atomic E-state index is 0.708. The fourth-order valence-corrected chi connectivity index (χ4v) is 2.97. The van der Waals surface area contributed by atoms with E-state index < -0.39 is 0 Å². The lowest BCUT2D eigenvalue weighted by Gasteiger charge is -2.38. The molecule has 0 aromatic rings. The molecular weight excluding hydrogens is 192 g/mol. The fraction of sp³-hybridized carbons (Fsp3) is 0.909. The molecule has 0 amide bonds. The van der Waals surface area contributed by atoms with Gasteiger partial charge in [-0.05, 0) is 25.7 Å². The van der Waals surface area contributed by atoms with Gasteiger partial charge in [-0.1, -0.05) is 31.5 Å². The molecule has 80 valence electrons. The lowest BCUT2D eigenvalue weighted by Crippen LogP contribution is -2.46. The van der Waals surface area contributed by atoms with Gasteiger partial charge in [-0.15, -0.1) is 0 Å². The van der Waals surface area contributed by atoms with Gasteiger partial charge in [0.15, 0.2) is 0 Å². The Bertz CT molecular complexity index is 184. The minimum atomic E-state index is 0.708. The highest BCUT2D eigenvalue weighted by Crippen LogP contribution is 2.24. The molecule has 2 fully saturated rings. The van der Waals surface area contributed by atoms with E-state index in [0.29, 0.717) is 6.04 Å². The van der Waals surface area contributed by atoms with Crippen LogP contribution >= 0.6 is 12.2 Å². The Morgan fingerprint density at radius 2 is 1.64 bits per heavy atom. The topological polar surface area (TPSA) is 6.48 Å². The number of thiocarbonyl (C=S) groups is 1. The summed E-state index contributed by atoms with van der Waals surface area (Å²) < 4.78 is 0. The van der Waals surface area contributed by atoms with Crippen molar-refractivity contribution in [1.29, 1.82) is 0 Å². The first-order chi connectivity index (χ1) is 6.92. The van der Waals surface area contributed by atoms with E-state index in [4.69, 9.17) is 12.2 Å². The second-order valence-electron chi connectivity index (χ2n) is 4.44. The molecule has 1 aliphatic carbocycles. The Morgan fingerprint density at radius 1 is 1.00 bits per heavy atom. The highest BCUT2D eigenvalue weighted by molar-refractivity contribution is 7.78. The zero-order valence-corrected chi connectivity index (χ0v) is 9.64. The smallest absolute Gasteiger partial charge is 0.0793 e. The van der Waals surface area contributed by atoms with E-state index in [-0.39, 0.29) is 0 Å². The van der Waals surface area contributed by atoms with Crippen molar-refractivity contribution in [3.05, 3.63) is 0 Å². The monoisotopic (exact) mass is 212 g/mol. The average Bonchev–Trinajstić information content (AvgIpc) is 2.74. The van der Waals surface area contributed by atoms with Crippen molar-refractivity contribution in [3.63, 3.8) is 0 Å². The summed E-state index contributed by atoms with van der Waals surface area (Å²) in [5.74, 6) is 0. The van der Waals surface area contributed by atoms with E-state index in [1.165, 1.54) is 58.0 Å². The Morgan fingerprint density at radius 3 is 2.21 bits per heavy atom. The molecule has 1 saturated carbocycles. The summed E-state index contributed by atoms with van der Waals surface area (Å²) in [6, 6.07) is 0.708. The average molecular weight is 212 g/mol. The van der Waals surface area contributed by atoms with Gasteiger partial charge in [0, 0.05) is 19.1 Å². The molecule has 1 heterocycles. The van der Waals surface area contributed by atoms with Crippen LogP contribution in [0.25, 0.3) is 0 Å². The van der Waals surface area contributed by atoms with Gasteiger partial charge in [0.05, 0.1) is 5.49 Å². The summed E-state index contributed by atoms with van der Waals surface area (Å²) in [5, 5.41) is 4.80. The lowest BCUT2D eigenvalue weighted by molar-refractivity contribution is 0.0249. The molecule has 2 aliphatic rings. The first-order valence-corrected chi connectivity index (χ1v) is 6.37. The van der Waals surface area contributed by atoms with Crippen molar-refractivity contribution in [1.82, 2.24) is 10.0 Å². The Kier molecular flexibility index (Phi) is 3.76. The van der Waals surface area contributed by atoms with Crippen LogP contribution in [-0.4, -0.2) is 34.6 Å². The molecule has 0 atom stereocenters. The van der Waals surface area contributed by atoms with Crippen molar-refractivity contribution in [2.75, 3.05) is 13.1 Å². The number of hydrazine groups is 1. The van der Waals surface area contributed by atoms with E-state index >= 15 is 0 Å². The van der Waals surface area contributed by atoms with Gasteiger partial charge in [0.1, 0.15) is 0 Å². The van der Waals surface area contributed by atoms with Gasteiger partial charge < -0.3 is 0 Å². The van der Waals surface area contributed by atoms with Crippen LogP contribution in [0.3, 0.4) is 0 Å². The molecular formula is C11H20N2S. The zero-order valence-electron chi connectivity index (χ0n) is 8.82. The van der Waals surface area contributed by atoms with Crippen molar-refractivity contribution in [2.45, 2.75) is 51.0 Å². The Balaban J connectivity index is 1.92. The van der Waals surface area contributed by atoms with E-state index in [2.05, 4.69) is 10.0 Å². The van der Waals surface area contributed by atoms with Crippen LogP contribution in [0.15, 0.2) is 0 Å². The largest absolute Gasteiger partial charge is 0.299 e. The van der Waals surface area contributed by atoms with Crippen molar-refractivity contribution < 1.29 is 0 Å². The SMILES string of the molecule is S=CN(C1CCCCC1)N1CCCC1. The van der Waals surface area contributed by atoms with Crippen molar-refractivity contribution >= 4 is 17.7 Å². The highest BCUT2D eigenvalue weighted by Gasteiger charge is 2.25. The van der Waals surface area contributed by atoms with Gasteiger partial charge in [0.2, 0.25) is 0 Å². The number of nitrogens with zero attached hydrogens (tertiary/aromatic N) is 2.